The van der Waals surface area contributed by atoms with Crippen molar-refractivity contribution in [3.8, 4) is 11.5 Å². The number of amides is 2. The number of hydrazine groups is 1. The van der Waals surface area contributed by atoms with Crippen molar-refractivity contribution in [3.05, 3.63) is 24.3 Å². The van der Waals surface area contributed by atoms with Crippen molar-refractivity contribution in [2.75, 3.05) is 13.2 Å². The monoisotopic (exact) mass is 266 g/mol. The number of para-hydroxylation sites is 2. The SMILES string of the molecule is CCOC(=O)NNC(=O)C1COc2ccccc2O1. The van der Waals surface area contributed by atoms with E-state index < -0.39 is 18.1 Å². The van der Waals surface area contributed by atoms with Crippen LogP contribution in [-0.4, -0.2) is 31.3 Å². The lowest BCUT2D eigenvalue weighted by molar-refractivity contribution is -0.131. The Morgan fingerprint density at radius 3 is 2.79 bits per heavy atom. The van der Waals surface area contributed by atoms with Gasteiger partial charge >= 0.3 is 6.09 Å². The Labute approximate surface area is 109 Å². The van der Waals surface area contributed by atoms with Gasteiger partial charge in [0.2, 0.25) is 6.10 Å². The molecular weight excluding hydrogens is 252 g/mol. The first-order chi connectivity index (χ1) is 9.20. The number of carbonyl (C=O) groups excluding carboxylic acids is 2. The number of carbonyl (C=O) groups is 2. The van der Waals surface area contributed by atoms with Crippen LogP contribution < -0.4 is 20.3 Å². The van der Waals surface area contributed by atoms with E-state index in [1.54, 1.807) is 25.1 Å². The van der Waals surface area contributed by atoms with Crippen LogP contribution in [0.1, 0.15) is 6.92 Å². The number of hydrogen-bond donors (Lipinski definition) is 2. The zero-order valence-electron chi connectivity index (χ0n) is 10.3. The molecule has 0 aromatic heterocycles. The van der Waals surface area contributed by atoms with Gasteiger partial charge in [0.1, 0.15) is 6.61 Å². The summed E-state index contributed by atoms with van der Waals surface area (Å²) in [5, 5.41) is 0. The molecule has 2 rings (SSSR count). The molecule has 1 aliphatic rings. The highest BCUT2D eigenvalue weighted by atomic mass is 16.6. The second kappa shape index (κ2) is 5.94. The highest BCUT2D eigenvalue weighted by Crippen LogP contribution is 2.30. The molecule has 7 nitrogen and oxygen atoms in total. The molecule has 0 saturated heterocycles. The van der Waals surface area contributed by atoms with Crippen LogP contribution >= 0.6 is 0 Å². The molecule has 19 heavy (non-hydrogen) atoms. The summed E-state index contributed by atoms with van der Waals surface area (Å²) in [6, 6.07) is 7.04. The van der Waals surface area contributed by atoms with Gasteiger partial charge in [0.15, 0.2) is 11.5 Å². The molecule has 7 heteroatoms. The van der Waals surface area contributed by atoms with Gasteiger partial charge in [-0.3, -0.25) is 10.2 Å². The predicted molar refractivity (Wildman–Crippen MR) is 64.7 cm³/mol. The van der Waals surface area contributed by atoms with Gasteiger partial charge in [-0.2, -0.15) is 0 Å². The fourth-order valence-corrected chi connectivity index (χ4v) is 1.51. The van der Waals surface area contributed by atoms with Gasteiger partial charge in [0.05, 0.1) is 6.61 Å². The third-order valence-electron chi connectivity index (χ3n) is 2.36. The Kier molecular flexibility index (Phi) is 4.07. The van der Waals surface area contributed by atoms with E-state index in [2.05, 4.69) is 15.6 Å². The van der Waals surface area contributed by atoms with Gasteiger partial charge < -0.3 is 14.2 Å². The van der Waals surface area contributed by atoms with E-state index in [9.17, 15) is 9.59 Å². The van der Waals surface area contributed by atoms with Crippen LogP contribution in [0.5, 0.6) is 11.5 Å². The smallest absolute Gasteiger partial charge is 0.426 e. The van der Waals surface area contributed by atoms with Crippen molar-refractivity contribution < 1.29 is 23.8 Å². The molecule has 0 spiro atoms. The lowest BCUT2D eigenvalue weighted by Crippen LogP contribution is -2.50. The quantitative estimate of drug-likeness (QED) is 0.766. The fourth-order valence-electron chi connectivity index (χ4n) is 1.51. The van der Waals surface area contributed by atoms with Crippen LogP contribution in [0.25, 0.3) is 0 Å². The molecular formula is C12H14N2O5. The highest BCUT2D eigenvalue weighted by Gasteiger charge is 2.27. The Hall–Kier alpha value is -2.44. The Morgan fingerprint density at radius 1 is 1.32 bits per heavy atom. The molecule has 2 amide bonds. The molecule has 2 N–H and O–H groups in total. The Morgan fingerprint density at radius 2 is 2.05 bits per heavy atom. The minimum Gasteiger partial charge on any atom is -0.485 e. The molecule has 0 bridgehead atoms. The van der Waals surface area contributed by atoms with Gasteiger partial charge in [-0.05, 0) is 19.1 Å². The molecule has 0 aliphatic carbocycles. The van der Waals surface area contributed by atoms with Crippen LogP contribution in [0.15, 0.2) is 24.3 Å². The lowest BCUT2D eigenvalue weighted by Gasteiger charge is -2.25. The summed E-state index contributed by atoms with van der Waals surface area (Å²) < 4.78 is 15.4. The molecule has 1 aromatic rings. The van der Waals surface area contributed by atoms with Crippen molar-refractivity contribution in [3.63, 3.8) is 0 Å². The standard InChI is InChI=1S/C12H14N2O5/c1-2-17-12(16)14-13-11(15)10-7-18-8-5-3-4-6-9(8)19-10/h3-6,10H,2,7H2,1H3,(H,13,15)(H,14,16). The Balaban J connectivity index is 1.87. The van der Waals surface area contributed by atoms with E-state index in [0.717, 1.165) is 0 Å². The van der Waals surface area contributed by atoms with E-state index in [1.807, 2.05) is 6.07 Å². The average molecular weight is 266 g/mol. The van der Waals surface area contributed by atoms with E-state index in [-0.39, 0.29) is 13.2 Å². The zero-order valence-corrected chi connectivity index (χ0v) is 10.3. The molecule has 102 valence electrons. The number of fused-ring (bicyclic) bond motifs is 1. The summed E-state index contributed by atoms with van der Waals surface area (Å²) in [7, 11) is 0. The van der Waals surface area contributed by atoms with Crippen molar-refractivity contribution in [1.29, 1.82) is 0 Å². The molecule has 1 aliphatic heterocycles. The van der Waals surface area contributed by atoms with Crippen molar-refractivity contribution in [1.82, 2.24) is 10.9 Å². The summed E-state index contributed by atoms with van der Waals surface area (Å²) in [5.41, 5.74) is 4.31. The van der Waals surface area contributed by atoms with Gasteiger partial charge in [-0.25, -0.2) is 10.2 Å². The second-order valence-electron chi connectivity index (χ2n) is 3.70. The second-order valence-corrected chi connectivity index (χ2v) is 3.70. The van der Waals surface area contributed by atoms with Gasteiger partial charge in [0, 0.05) is 0 Å². The van der Waals surface area contributed by atoms with Crippen LogP contribution in [0.2, 0.25) is 0 Å². The summed E-state index contributed by atoms with van der Waals surface area (Å²) in [6.07, 6.45) is -1.55. The molecule has 1 aromatic carbocycles. The number of ether oxygens (including phenoxy) is 3. The number of hydrogen-bond acceptors (Lipinski definition) is 5. The largest absolute Gasteiger partial charge is 0.485 e. The maximum Gasteiger partial charge on any atom is 0.426 e. The molecule has 0 radical (unpaired) electrons. The maximum absolute atomic E-state index is 11.7. The Bertz CT molecular complexity index is 477. The van der Waals surface area contributed by atoms with Crippen molar-refractivity contribution in [2.45, 2.75) is 13.0 Å². The van der Waals surface area contributed by atoms with Crippen LogP contribution in [0, 0.1) is 0 Å². The summed E-state index contributed by atoms with van der Waals surface area (Å²) in [5.74, 6) is 0.567. The van der Waals surface area contributed by atoms with Crippen LogP contribution in [0.3, 0.4) is 0 Å². The third-order valence-corrected chi connectivity index (χ3v) is 2.36. The van der Waals surface area contributed by atoms with E-state index in [1.165, 1.54) is 0 Å². The highest BCUT2D eigenvalue weighted by molar-refractivity contribution is 5.83. The zero-order chi connectivity index (χ0) is 13.7. The van der Waals surface area contributed by atoms with E-state index >= 15 is 0 Å². The maximum atomic E-state index is 11.7. The van der Waals surface area contributed by atoms with E-state index in [4.69, 9.17) is 9.47 Å². The summed E-state index contributed by atoms with van der Waals surface area (Å²) in [6.45, 7) is 1.96. The van der Waals surface area contributed by atoms with Crippen LogP contribution in [0.4, 0.5) is 4.79 Å². The molecule has 0 fully saturated rings. The minimum absolute atomic E-state index is 0.0767. The third kappa shape index (κ3) is 3.27. The minimum atomic E-state index is -0.822. The van der Waals surface area contributed by atoms with Crippen molar-refractivity contribution in [2.24, 2.45) is 0 Å². The molecule has 0 saturated carbocycles. The lowest BCUT2D eigenvalue weighted by atomic mass is 10.2. The molecule has 1 atom stereocenters. The first-order valence-corrected chi connectivity index (χ1v) is 5.82. The molecule has 1 unspecified atom stereocenters. The fraction of sp³-hybridized carbons (Fsp3) is 0.333. The predicted octanol–water partition coefficient (Wildman–Crippen LogP) is 0.604. The van der Waals surface area contributed by atoms with Crippen LogP contribution in [-0.2, 0) is 9.53 Å². The van der Waals surface area contributed by atoms with Crippen molar-refractivity contribution >= 4 is 12.0 Å². The number of rotatable bonds is 2. The summed E-state index contributed by atoms with van der Waals surface area (Å²) >= 11 is 0. The van der Waals surface area contributed by atoms with Gasteiger partial charge in [0.25, 0.3) is 5.91 Å². The average Bonchev–Trinajstić information content (AvgIpc) is 2.44. The van der Waals surface area contributed by atoms with E-state index in [0.29, 0.717) is 11.5 Å². The first kappa shape index (κ1) is 13.0. The van der Waals surface area contributed by atoms with Gasteiger partial charge in [-0.1, -0.05) is 12.1 Å². The normalized spacial score (nSPS) is 16.4. The van der Waals surface area contributed by atoms with Gasteiger partial charge in [-0.15, -0.1) is 0 Å². The first-order valence-electron chi connectivity index (χ1n) is 5.82. The topological polar surface area (TPSA) is 85.9 Å². The number of benzene rings is 1. The summed E-state index contributed by atoms with van der Waals surface area (Å²) in [4.78, 5) is 22.7. The number of nitrogens with one attached hydrogen (secondary N) is 2. The molecule has 1 heterocycles.